The minimum atomic E-state index is -0.234. The number of amides is 1. The first-order chi connectivity index (χ1) is 14.5. The van der Waals surface area contributed by atoms with Gasteiger partial charge >= 0.3 is 0 Å². The zero-order valence-corrected chi connectivity index (χ0v) is 19.1. The average Bonchev–Trinajstić information content (AvgIpc) is 3.38. The summed E-state index contributed by atoms with van der Waals surface area (Å²) in [7, 11) is 1.62. The summed E-state index contributed by atoms with van der Waals surface area (Å²) in [5.74, 6) is 0.456. The Morgan fingerprint density at radius 2 is 2.07 bits per heavy atom. The molecule has 7 heteroatoms. The minimum absolute atomic E-state index is 0.234. The molecule has 0 atom stereocenters. The van der Waals surface area contributed by atoms with E-state index in [4.69, 9.17) is 9.15 Å². The van der Waals surface area contributed by atoms with Crippen molar-refractivity contribution >= 4 is 54.8 Å². The largest absolute Gasteiger partial charge is 0.496 e. The van der Waals surface area contributed by atoms with Crippen LogP contribution in [-0.4, -0.2) is 18.0 Å². The van der Waals surface area contributed by atoms with Gasteiger partial charge in [-0.15, -0.1) is 11.3 Å². The highest BCUT2D eigenvalue weighted by Gasteiger charge is 2.19. The van der Waals surface area contributed by atoms with Gasteiger partial charge in [-0.25, -0.2) is 4.98 Å². The number of fused-ring (bicyclic) bond motifs is 1. The first-order valence-corrected chi connectivity index (χ1v) is 10.9. The number of methoxy groups -OCH3 is 1. The lowest BCUT2D eigenvalue weighted by Gasteiger charge is -2.13. The molecular weight excluding hydrogens is 464 g/mol. The number of allylic oxidation sites excluding steroid dienone is 1. The average molecular weight is 483 g/mol. The number of halogens is 1. The third kappa shape index (κ3) is 3.91. The lowest BCUT2D eigenvalue weighted by molar-refractivity contribution is -0.111. The molecule has 0 unspecified atom stereocenters. The van der Waals surface area contributed by atoms with E-state index in [1.54, 1.807) is 25.6 Å². The van der Waals surface area contributed by atoms with Gasteiger partial charge in [-0.05, 0) is 43.2 Å². The fraction of sp³-hybridized carbons (Fsp3) is 0.130. The number of hydrogen-bond donors (Lipinski definition) is 1. The third-order valence-electron chi connectivity index (χ3n) is 4.84. The number of rotatable bonds is 5. The molecule has 0 radical (unpaired) electrons. The second kappa shape index (κ2) is 8.45. The molecule has 1 amide bonds. The molecule has 0 aliphatic carbocycles. The number of hydrogen-bond acceptors (Lipinski definition) is 5. The van der Waals surface area contributed by atoms with Crippen LogP contribution in [0.25, 0.3) is 27.7 Å². The third-order valence-corrected chi connectivity index (χ3v) is 6.06. The van der Waals surface area contributed by atoms with Gasteiger partial charge in [0.25, 0.3) is 0 Å². The molecule has 4 rings (SSSR count). The number of ether oxygens (including phenoxy) is 1. The van der Waals surface area contributed by atoms with Gasteiger partial charge in [-0.2, -0.15) is 0 Å². The van der Waals surface area contributed by atoms with Gasteiger partial charge in [0.05, 0.1) is 13.4 Å². The Bertz CT molecular complexity index is 1240. The van der Waals surface area contributed by atoms with Crippen LogP contribution in [0.5, 0.6) is 5.75 Å². The van der Waals surface area contributed by atoms with Crippen molar-refractivity contribution in [3.05, 3.63) is 69.8 Å². The van der Waals surface area contributed by atoms with E-state index in [1.165, 1.54) is 11.3 Å². The van der Waals surface area contributed by atoms with E-state index in [0.29, 0.717) is 10.9 Å². The Morgan fingerprint density at radius 1 is 1.30 bits per heavy atom. The number of aromatic nitrogens is 1. The molecule has 0 fully saturated rings. The standard InChI is InChI=1S/C23H19BrN2O3S/c1-13(10-20(27)26-23-25-8-9-30-23)17-11-18-19(15-4-6-16(24)7-5-15)12-29-22(18)14(2)21(17)28-3/h4-12H,1-3H3,(H,25,26,27)/b13-10+. The predicted octanol–water partition coefficient (Wildman–Crippen LogP) is 6.68. The highest BCUT2D eigenvalue weighted by Crippen LogP contribution is 2.40. The molecule has 0 bridgehead atoms. The van der Waals surface area contributed by atoms with Crippen LogP contribution < -0.4 is 10.1 Å². The topological polar surface area (TPSA) is 64.4 Å². The SMILES string of the molecule is COc1c(/C(C)=C/C(=O)Nc2nccs2)cc2c(-c3ccc(Br)cc3)coc2c1C. The molecule has 0 spiro atoms. The fourth-order valence-corrected chi connectivity index (χ4v) is 4.22. The van der Waals surface area contributed by atoms with Gasteiger partial charge in [0.2, 0.25) is 5.91 Å². The zero-order chi connectivity index (χ0) is 21.3. The smallest absolute Gasteiger partial charge is 0.250 e. The highest BCUT2D eigenvalue weighted by molar-refractivity contribution is 9.10. The number of aryl methyl sites for hydroxylation is 1. The molecule has 0 aliphatic rings. The molecule has 30 heavy (non-hydrogen) atoms. The summed E-state index contributed by atoms with van der Waals surface area (Å²) in [5, 5.41) is 6.13. The molecule has 2 heterocycles. The molecule has 0 saturated heterocycles. The summed E-state index contributed by atoms with van der Waals surface area (Å²) < 4.78 is 12.6. The first kappa shape index (κ1) is 20.4. The Kier molecular flexibility index (Phi) is 5.74. The van der Waals surface area contributed by atoms with Crippen molar-refractivity contribution in [1.29, 1.82) is 0 Å². The maximum absolute atomic E-state index is 12.4. The zero-order valence-electron chi connectivity index (χ0n) is 16.7. The maximum Gasteiger partial charge on any atom is 0.250 e. The molecular formula is C23H19BrN2O3S. The summed E-state index contributed by atoms with van der Waals surface area (Å²) >= 11 is 4.85. The Balaban J connectivity index is 1.80. The van der Waals surface area contributed by atoms with Crippen LogP contribution >= 0.6 is 27.3 Å². The molecule has 152 valence electrons. The lowest BCUT2D eigenvalue weighted by Crippen LogP contribution is -2.08. The molecule has 2 aromatic carbocycles. The van der Waals surface area contributed by atoms with E-state index in [0.717, 1.165) is 43.3 Å². The molecule has 5 nitrogen and oxygen atoms in total. The number of carbonyl (C=O) groups excluding carboxylic acids is 1. The number of nitrogens with one attached hydrogen (secondary N) is 1. The van der Waals surface area contributed by atoms with Crippen molar-refractivity contribution in [2.45, 2.75) is 13.8 Å². The van der Waals surface area contributed by atoms with Crippen molar-refractivity contribution < 1.29 is 13.9 Å². The van der Waals surface area contributed by atoms with E-state index in [2.05, 4.69) is 26.2 Å². The number of benzene rings is 2. The summed E-state index contributed by atoms with van der Waals surface area (Å²) in [6.07, 6.45) is 4.97. The second-order valence-corrected chi connectivity index (χ2v) is 8.58. The Morgan fingerprint density at radius 3 is 2.73 bits per heavy atom. The van der Waals surface area contributed by atoms with Crippen LogP contribution in [0.15, 0.2) is 63.1 Å². The van der Waals surface area contributed by atoms with Crippen LogP contribution in [0, 0.1) is 6.92 Å². The van der Waals surface area contributed by atoms with Crippen LogP contribution in [0.2, 0.25) is 0 Å². The van der Waals surface area contributed by atoms with E-state index in [9.17, 15) is 4.79 Å². The van der Waals surface area contributed by atoms with Crippen molar-refractivity contribution in [3.8, 4) is 16.9 Å². The summed E-state index contributed by atoms with van der Waals surface area (Å²) in [4.78, 5) is 16.5. The minimum Gasteiger partial charge on any atom is -0.496 e. The van der Waals surface area contributed by atoms with Crippen LogP contribution in [0.4, 0.5) is 5.13 Å². The number of thiazole rings is 1. The van der Waals surface area contributed by atoms with E-state index < -0.39 is 0 Å². The van der Waals surface area contributed by atoms with E-state index in [1.807, 2.05) is 49.6 Å². The Labute approximate surface area is 186 Å². The Hall–Kier alpha value is -2.90. The van der Waals surface area contributed by atoms with Crippen molar-refractivity contribution in [3.63, 3.8) is 0 Å². The summed E-state index contributed by atoms with van der Waals surface area (Å²) in [5.41, 5.74) is 5.33. The van der Waals surface area contributed by atoms with E-state index >= 15 is 0 Å². The summed E-state index contributed by atoms with van der Waals surface area (Å²) in [6.45, 7) is 3.85. The van der Waals surface area contributed by atoms with Gasteiger partial charge in [-0.1, -0.05) is 28.1 Å². The van der Waals surface area contributed by atoms with Crippen molar-refractivity contribution in [1.82, 2.24) is 4.98 Å². The first-order valence-electron chi connectivity index (χ1n) is 9.22. The molecule has 2 aromatic heterocycles. The van der Waals surface area contributed by atoms with Gasteiger partial charge in [0.15, 0.2) is 5.13 Å². The highest BCUT2D eigenvalue weighted by atomic mass is 79.9. The summed E-state index contributed by atoms with van der Waals surface area (Å²) in [6, 6.07) is 10.1. The monoisotopic (exact) mass is 482 g/mol. The van der Waals surface area contributed by atoms with Crippen molar-refractivity contribution in [2.24, 2.45) is 0 Å². The second-order valence-electron chi connectivity index (χ2n) is 6.77. The normalized spacial score (nSPS) is 11.7. The number of nitrogens with zero attached hydrogens (tertiary/aromatic N) is 1. The number of carbonyl (C=O) groups is 1. The number of furan rings is 1. The van der Waals surface area contributed by atoms with Crippen LogP contribution in [0.1, 0.15) is 18.1 Å². The lowest BCUT2D eigenvalue weighted by atomic mass is 9.96. The number of anilines is 1. The molecule has 0 aliphatic heterocycles. The van der Waals surface area contributed by atoms with Crippen LogP contribution in [0.3, 0.4) is 0 Å². The van der Waals surface area contributed by atoms with Gasteiger partial charge < -0.3 is 9.15 Å². The van der Waals surface area contributed by atoms with Crippen LogP contribution in [-0.2, 0) is 4.79 Å². The molecule has 1 N–H and O–H groups in total. The van der Waals surface area contributed by atoms with Gasteiger partial charge in [0, 0.05) is 44.2 Å². The maximum atomic E-state index is 12.4. The predicted molar refractivity (Wildman–Crippen MR) is 125 cm³/mol. The van der Waals surface area contributed by atoms with Crippen molar-refractivity contribution in [2.75, 3.05) is 12.4 Å². The van der Waals surface area contributed by atoms with Gasteiger partial charge in [-0.3, -0.25) is 10.1 Å². The molecule has 4 aromatic rings. The van der Waals surface area contributed by atoms with Gasteiger partial charge in [0.1, 0.15) is 11.3 Å². The van der Waals surface area contributed by atoms with E-state index in [-0.39, 0.29) is 5.91 Å². The quantitative estimate of drug-likeness (QED) is 0.322. The fourth-order valence-electron chi connectivity index (χ4n) is 3.43. The molecule has 0 saturated carbocycles.